The number of nitrogens with zero attached hydrogens (tertiary/aromatic N) is 3. The molecule has 2 aliphatic rings. The number of halogens is 2. The van der Waals surface area contributed by atoms with E-state index in [0.717, 1.165) is 23.7 Å². The van der Waals surface area contributed by atoms with Crippen LogP contribution in [0, 0.1) is 5.82 Å². The number of fused-ring (bicyclic) bond motifs is 2. The van der Waals surface area contributed by atoms with Crippen LogP contribution < -0.4 is 5.32 Å². The third kappa shape index (κ3) is 3.21. The summed E-state index contributed by atoms with van der Waals surface area (Å²) in [5.74, 6) is 0.0291. The van der Waals surface area contributed by atoms with E-state index in [9.17, 15) is 9.18 Å². The monoisotopic (exact) mass is 455 g/mol. The lowest BCUT2D eigenvalue weighted by molar-refractivity contribution is 0.0728. The Hall–Kier alpha value is -2.74. The summed E-state index contributed by atoms with van der Waals surface area (Å²) in [6.07, 6.45) is 7.83. The van der Waals surface area contributed by atoms with Crippen molar-refractivity contribution in [2.24, 2.45) is 0 Å². The maximum atomic E-state index is 14.6. The number of carbonyl (C=O) groups excluding carboxylic acids is 1. The maximum absolute atomic E-state index is 14.6. The molecule has 6 nitrogen and oxygen atoms in total. The molecule has 2 bridgehead atoms. The fraction of sp³-hybridized carbons (Fsp3) is 0.286. The lowest BCUT2D eigenvalue weighted by atomic mass is 9.96. The third-order valence-corrected chi connectivity index (χ3v) is 6.23. The summed E-state index contributed by atoms with van der Waals surface area (Å²) >= 11 is 3.34. The molecule has 2 saturated heterocycles. The number of benzene rings is 1. The van der Waals surface area contributed by atoms with E-state index in [0.29, 0.717) is 22.8 Å². The molecule has 0 radical (unpaired) electrons. The minimum absolute atomic E-state index is 0.0412. The van der Waals surface area contributed by atoms with Crippen molar-refractivity contribution in [3.05, 3.63) is 64.8 Å². The molecular weight excluding hydrogens is 437 g/mol. The standard InChI is InChI=1S/C21H19BrFN5O/c22-12-10-25-21(26-11-12)27-17-9-13-6-7-18(17)28(13)20(29)14-3-1-4-15(23)19(14)16-5-2-8-24-16/h1-5,8,10-11,13,17-18,24H,6-7,9H2,(H,25,26,27)/t13-,17-,18+/m1/s1. The van der Waals surface area contributed by atoms with Crippen molar-refractivity contribution in [3.8, 4) is 11.3 Å². The number of amides is 1. The molecule has 0 saturated carbocycles. The van der Waals surface area contributed by atoms with Gasteiger partial charge in [-0.15, -0.1) is 0 Å². The van der Waals surface area contributed by atoms with E-state index < -0.39 is 5.82 Å². The fourth-order valence-corrected chi connectivity index (χ4v) is 4.82. The highest BCUT2D eigenvalue weighted by molar-refractivity contribution is 9.10. The molecule has 29 heavy (non-hydrogen) atoms. The minimum Gasteiger partial charge on any atom is -0.361 e. The number of anilines is 1. The van der Waals surface area contributed by atoms with E-state index in [-0.39, 0.29) is 24.0 Å². The van der Waals surface area contributed by atoms with Crippen molar-refractivity contribution in [1.29, 1.82) is 0 Å². The van der Waals surface area contributed by atoms with Gasteiger partial charge in [0.05, 0.1) is 22.1 Å². The Morgan fingerprint density at radius 1 is 1.21 bits per heavy atom. The van der Waals surface area contributed by atoms with Crippen molar-refractivity contribution < 1.29 is 9.18 Å². The minimum atomic E-state index is -0.400. The van der Waals surface area contributed by atoms with Gasteiger partial charge in [0.1, 0.15) is 5.82 Å². The molecule has 1 aromatic carbocycles. The van der Waals surface area contributed by atoms with Crippen LogP contribution >= 0.6 is 15.9 Å². The van der Waals surface area contributed by atoms with Crippen LogP contribution in [0.25, 0.3) is 11.3 Å². The van der Waals surface area contributed by atoms with Crippen LogP contribution in [0.15, 0.2) is 53.4 Å². The molecule has 4 heterocycles. The summed E-state index contributed by atoms with van der Waals surface area (Å²) in [6, 6.07) is 8.54. The Balaban J connectivity index is 1.43. The van der Waals surface area contributed by atoms with E-state index in [1.165, 1.54) is 6.07 Å². The summed E-state index contributed by atoms with van der Waals surface area (Å²) in [6.45, 7) is 0. The molecule has 3 aromatic rings. The first-order chi connectivity index (χ1) is 14.1. The highest BCUT2D eigenvalue weighted by atomic mass is 79.9. The predicted octanol–water partition coefficient (Wildman–Crippen LogP) is 4.23. The fourth-order valence-electron chi connectivity index (χ4n) is 4.61. The molecule has 1 amide bonds. The van der Waals surface area contributed by atoms with E-state index in [1.54, 1.807) is 42.9 Å². The van der Waals surface area contributed by atoms with Crippen LogP contribution in [0.5, 0.6) is 0 Å². The van der Waals surface area contributed by atoms with Crippen LogP contribution in [-0.4, -0.2) is 43.9 Å². The zero-order chi connectivity index (χ0) is 20.0. The van der Waals surface area contributed by atoms with Crippen LogP contribution in [0.1, 0.15) is 29.6 Å². The van der Waals surface area contributed by atoms with E-state index in [4.69, 9.17) is 0 Å². The van der Waals surface area contributed by atoms with E-state index >= 15 is 0 Å². The van der Waals surface area contributed by atoms with E-state index in [2.05, 4.69) is 36.2 Å². The van der Waals surface area contributed by atoms with Crippen LogP contribution in [0.3, 0.4) is 0 Å². The highest BCUT2D eigenvalue weighted by Gasteiger charge is 2.49. The SMILES string of the molecule is O=C(c1cccc(F)c1-c1ccc[nH]1)N1[C@@H]2CC[C@H]1[C@H](Nc1ncc(Br)cn1)C2. The molecule has 3 atom stereocenters. The second kappa shape index (κ2) is 7.26. The molecule has 0 aliphatic carbocycles. The molecule has 8 heteroatoms. The number of nitrogens with one attached hydrogen (secondary N) is 2. The molecular formula is C21H19BrFN5O. The van der Waals surface area contributed by atoms with Crippen molar-refractivity contribution >= 4 is 27.8 Å². The summed E-state index contributed by atoms with van der Waals surface area (Å²) in [5.41, 5.74) is 1.33. The maximum Gasteiger partial charge on any atom is 0.255 e. The largest absolute Gasteiger partial charge is 0.361 e. The Morgan fingerprint density at radius 2 is 2.03 bits per heavy atom. The number of hydrogen-bond donors (Lipinski definition) is 2. The summed E-state index contributed by atoms with van der Waals surface area (Å²) in [5, 5.41) is 3.37. The van der Waals surface area contributed by atoms with Crippen molar-refractivity contribution in [3.63, 3.8) is 0 Å². The lowest BCUT2D eigenvalue weighted by Crippen LogP contribution is -2.40. The van der Waals surface area contributed by atoms with Gasteiger partial charge in [-0.05, 0) is 59.5 Å². The quantitative estimate of drug-likeness (QED) is 0.617. The number of aromatic nitrogens is 3. The first-order valence-electron chi connectivity index (χ1n) is 9.61. The number of hydrogen-bond acceptors (Lipinski definition) is 4. The molecule has 2 fully saturated rings. The van der Waals surface area contributed by atoms with Gasteiger partial charge in [0.25, 0.3) is 5.91 Å². The van der Waals surface area contributed by atoms with Crippen LogP contribution in [0.2, 0.25) is 0 Å². The van der Waals surface area contributed by atoms with Crippen LogP contribution in [0.4, 0.5) is 10.3 Å². The topological polar surface area (TPSA) is 73.9 Å². The van der Waals surface area contributed by atoms with Crippen molar-refractivity contribution in [1.82, 2.24) is 19.9 Å². The molecule has 2 N–H and O–H groups in total. The predicted molar refractivity (Wildman–Crippen MR) is 111 cm³/mol. The number of carbonyl (C=O) groups is 1. The average Bonchev–Trinajstić information content (AvgIpc) is 3.45. The molecule has 0 spiro atoms. The number of aromatic amines is 1. The van der Waals surface area contributed by atoms with Gasteiger partial charge in [-0.1, -0.05) is 6.07 Å². The Labute approximate surface area is 175 Å². The molecule has 0 unspecified atom stereocenters. The van der Waals surface area contributed by atoms with Gasteiger partial charge in [0.2, 0.25) is 5.95 Å². The third-order valence-electron chi connectivity index (χ3n) is 5.82. The lowest BCUT2D eigenvalue weighted by Gasteiger charge is -2.26. The second-order valence-electron chi connectivity index (χ2n) is 7.47. The number of H-pyrrole nitrogens is 1. The van der Waals surface area contributed by atoms with Crippen molar-refractivity contribution in [2.45, 2.75) is 37.4 Å². The zero-order valence-corrected chi connectivity index (χ0v) is 17.1. The highest BCUT2D eigenvalue weighted by Crippen LogP contribution is 2.41. The number of rotatable bonds is 4. The molecule has 2 aliphatic heterocycles. The first-order valence-corrected chi connectivity index (χ1v) is 10.4. The first kappa shape index (κ1) is 18.3. The van der Waals surface area contributed by atoms with E-state index in [1.807, 2.05) is 4.90 Å². The zero-order valence-electron chi connectivity index (χ0n) is 15.5. The Kier molecular flexibility index (Phi) is 4.58. The van der Waals surface area contributed by atoms with Gasteiger partial charge >= 0.3 is 0 Å². The Morgan fingerprint density at radius 3 is 2.79 bits per heavy atom. The van der Waals surface area contributed by atoms with Crippen LogP contribution in [-0.2, 0) is 0 Å². The smallest absolute Gasteiger partial charge is 0.255 e. The molecule has 148 valence electrons. The van der Waals surface area contributed by atoms with Crippen molar-refractivity contribution in [2.75, 3.05) is 5.32 Å². The van der Waals surface area contributed by atoms with Gasteiger partial charge in [-0.25, -0.2) is 14.4 Å². The van der Waals surface area contributed by atoms with Gasteiger partial charge in [0.15, 0.2) is 0 Å². The van der Waals surface area contributed by atoms with Gasteiger partial charge in [-0.2, -0.15) is 0 Å². The van der Waals surface area contributed by atoms with Gasteiger partial charge in [0, 0.05) is 35.9 Å². The summed E-state index contributed by atoms with van der Waals surface area (Å²) in [4.78, 5) is 27.0. The Bertz CT molecular complexity index is 1040. The van der Waals surface area contributed by atoms with Gasteiger partial charge in [-0.3, -0.25) is 4.79 Å². The normalized spacial score (nSPS) is 22.8. The summed E-state index contributed by atoms with van der Waals surface area (Å²) in [7, 11) is 0. The second-order valence-corrected chi connectivity index (χ2v) is 8.38. The molecule has 5 rings (SSSR count). The average molecular weight is 456 g/mol. The summed E-state index contributed by atoms with van der Waals surface area (Å²) < 4.78 is 15.5. The van der Waals surface area contributed by atoms with Gasteiger partial charge < -0.3 is 15.2 Å². The molecule has 2 aromatic heterocycles.